The van der Waals surface area contributed by atoms with Crippen LogP contribution in [0.15, 0.2) is 55.1 Å². The minimum Gasteiger partial charge on any atom is -0.263 e. The van der Waals surface area contributed by atoms with Crippen molar-refractivity contribution in [1.82, 2.24) is 14.8 Å². The Balaban J connectivity index is 1.90. The van der Waals surface area contributed by atoms with Gasteiger partial charge in [0.2, 0.25) is 0 Å². The first-order valence-corrected chi connectivity index (χ1v) is 6.42. The first-order valence-electron chi connectivity index (χ1n) is 6.42. The number of pyridine rings is 1. The van der Waals surface area contributed by atoms with Crippen LogP contribution in [0.5, 0.6) is 0 Å². The van der Waals surface area contributed by atoms with Crippen molar-refractivity contribution in [3.05, 3.63) is 77.6 Å². The van der Waals surface area contributed by atoms with Gasteiger partial charge in [-0.3, -0.25) is 4.98 Å². The van der Waals surface area contributed by atoms with Gasteiger partial charge in [0.25, 0.3) is 0 Å². The van der Waals surface area contributed by atoms with Crippen molar-refractivity contribution in [2.45, 2.75) is 0 Å². The molecule has 1 aromatic carbocycles. The molecule has 2 aromatic heterocycles. The maximum Gasteiger partial charge on any atom is 0.126 e. The van der Waals surface area contributed by atoms with Gasteiger partial charge in [0.1, 0.15) is 5.82 Å². The predicted octanol–water partition coefficient (Wildman–Crippen LogP) is 2.68. The molecular formula is C17H9FN4. The molecule has 104 valence electrons. The Kier molecular flexibility index (Phi) is 3.63. The van der Waals surface area contributed by atoms with Crippen molar-refractivity contribution < 1.29 is 4.39 Å². The smallest absolute Gasteiger partial charge is 0.126 e. The van der Waals surface area contributed by atoms with Gasteiger partial charge in [-0.1, -0.05) is 11.8 Å². The van der Waals surface area contributed by atoms with Gasteiger partial charge in [-0.15, -0.1) is 0 Å². The van der Waals surface area contributed by atoms with Crippen LogP contribution in [-0.4, -0.2) is 14.8 Å². The Hall–Kier alpha value is -3.44. The molecule has 0 fully saturated rings. The summed E-state index contributed by atoms with van der Waals surface area (Å²) in [5.74, 6) is 5.45. The number of rotatable bonds is 1. The average Bonchev–Trinajstić information content (AvgIpc) is 3.02. The Labute approximate surface area is 126 Å². The molecule has 0 amide bonds. The summed E-state index contributed by atoms with van der Waals surface area (Å²) in [6, 6.07) is 9.63. The van der Waals surface area contributed by atoms with Crippen LogP contribution in [-0.2, 0) is 0 Å². The molecule has 0 atom stereocenters. The second kappa shape index (κ2) is 5.90. The fourth-order valence-corrected chi connectivity index (χ4v) is 1.88. The van der Waals surface area contributed by atoms with Gasteiger partial charge in [-0.05, 0) is 30.3 Å². The monoisotopic (exact) mass is 288 g/mol. The van der Waals surface area contributed by atoms with E-state index < -0.39 is 5.82 Å². The van der Waals surface area contributed by atoms with E-state index in [1.54, 1.807) is 30.9 Å². The van der Waals surface area contributed by atoms with Gasteiger partial charge in [0, 0.05) is 24.2 Å². The Morgan fingerprint density at radius 3 is 2.68 bits per heavy atom. The van der Waals surface area contributed by atoms with Gasteiger partial charge >= 0.3 is 0 Å². The molecule has 0 aliphatic rings. The van der Waals surface area contributed by atoms with E-state index in [1.807, 2.05) is 18.2 Å². The first-order chi connectivity index (χ1) is 10.7. The fraction of sp³-hybridized carbons (Fsp3) is 0. The molecule has 5 heteroatoms. The predicted molar refractivity (Wildman–Crippen MR) is 78.5 cm³/mol. The van der Waals surface area contributed by atoms with Crippen molar-refractivity contribution >= 4 is 0 Å². The summed E-state index contributed by atoms with van der Waals surface area (Å²) >= 11 is 0. The van der Waals surface area contributed by atoms with Crippen molar-refractivity contribution in [1.29, 1.82) is 5.26 Å². The topological polar surface area (TPSA) is 54.5 Å². The lowest BCUT2D eigenvalue weighted by molar-refractivity contribution is 0.625. The molecule has 2 heterocycles. The maximum atomic E-state index is 13.4. The summed E-state index contributed by atoms with van der Waals surface area (Å²) in [6.07, 6.45) is 6.61. The van der Waals surface area contributed by atoms with Crippen LogP contribution in [0.3, 0.4) is 0 Å². The molecule has 0 aliphatic heterocycles. The van der Waals surface area contributed by atoms with Gasteiger partial charge in [0.15, 0.2) is 0 Å². The lowest BCUT2D eigenvalue weighted by atomic mass is 10.2. The summed E-state index contributed by atoms with van der Waals surface area (Å²) in [6.45, 7) is 0. The van der Waals surface area contributed by atoms with E-state index in [0.29, 0.717) is 11.3 Å². The van der Waals surface area contributed by atoms with E-state index >= 15 is 0 Å². The van der Waals surface area contributed by atoms with E-state index in [1.165, 1.54) is 16.8 Å². The second-order valence-electron chi connectivity index (χ2n) is 4.48. The largest absolute Gasteiger partial charge is 0.263 e. The zero-order valence-electron chi connectivity index (χ0n) is 11.4. The van der Waals surface area contributed by atoms with E-state index in [2.05, 4.69) is 21.9 Å². The SMILES string of the molecule is N#Cc1cc(F)cc(-n2cc(C#Cc3cccnc3)cn2)c1. The second-order valence-corrected chi connectivity index (χ2v) is 4.48. The molecule has 0 spiro atoms. The van der Waals surface area contributed by atoms with Crippen LogP contribution >= 0.6 is 0 Å². The number of halogens is 1. The molecular weight excluding hydrogens is 279 g/mol. The van der Waals surface area contributed by atoms with E-state index in [-0.39, 0.29) is 5.56 Å². The molecule has 0 N–H and O–H groups in total. The van der Waals surface area contributed by atoms with Crippen LogP contribution in [0, 0.1) is 29.0 Å². The number of nitrogens with zero attached hydrogens (tertiary/aromatic N) is 4. The normalized spacial score (nSPS) is 9.64. The average molecular weight is 288 g/mol. The quantitative estimate of drug-likeness (QED) is 0.647. The third-order valence-electron chi connectivity index (χ3n) is 2.87. The zero-order chi connectivity index (χ0) is 15.4. The van der Waals surface area contributed by atoms with Crippen LogP contribution in [0.1, 0.15) is 16.7 Å². The minimum atomic E-state index is -0.479. The highest BCUT2D eigenvalue weighted by atomic mass is 19.1. The fourth-order valence-electron chi connectivity index (χ4n) is 1.88. The molecule has 0 saturated carbocycles. The number of hydrogen-bond donors (Lipinski definition) is 0. The Bertz CT molecular complexity index is 911. The number of nitriles is 1. The highest BCUT2D eigenvalue weighted by Gasteiger charge is 2.04. The van der Waals surface area contributed by atoms with Gasteiger partial charge in [-0.25, -0.2) is 9.07 Å². The molecule has 4 nitrogen and oxygen atoms in total. The first kappa shape index (κ1) is 13.5. The standard InChI is InChI=1S/C17H9FN4/c18-16-6-15(9-19)7-17(8-16)22-12-14(11-21-22)4-3-13-2-1-5-20-10-13/h1-2,5-8,10-12H. The summed E-state index contributed by atoms with van der Waals surface area (Å²) in [7, 11) is 0. The number of aromatic nitrogens is 3. The van der Waals surface area contributed by atoms with Crippen molar-refractivity contribution in [3.63, 3.8) is 0 Å². The Morgan fingerprint density at radius 2 is 1.91 bits per heavy atom. The van der Waals surface area contributed by atoms with Crippen LogP contribution in [0.2, 0.25) is 0 Å². The lowest BCUT2D eigenvalue weighted by Crippen LogP contribution is -1.96. The van der Waals surface area contributed by atoms with E-state index in [9.17, 15) is 4.39 Å². The summed E-state index contributed by atoms with van der Waals surface area (Å²) < 4.78 is 14.9. The van der Waals surface area contributed by atoms with Crippen LogP contribution in [0.4, 0.5) is 4.39 Å². The van der Waals surface area contributed by atoms with Crippen LogP contribution < -0.4 is 0 Å². The minimum absolute atomic E-state index is 0.244. The van der Waals surface area contributed by atoms with Gasteiger partial charge in [0.05, 0.1) is 29.1 Å². The molecule has 0 aliphatic carbocycles. The zero-order valence-corrected chi connectivity index (χ0v) is 11.4. The third-order valence-corrected chi connectivity index (χ3v) is 2.87. The molecule has 0 saturated heterocycles. The molecule has 0 bridgehead atoms. The summed E-state index contributed by atoms with van der Waals surface area (Å²) in [5.41, 5.74) is 2.21. The lowest BCUT2D eigenvalue weighted by Gasteiger charge is -2.01. The maximum absolute atomic E-state index is 13.4. The van der Waals surface area contributed by atoms with Gasteiger partial charge < -0.3 is 0 Å². The van der Waals surface area contributed by atoms with Gasteiger partial charge in [-0.2, -0.15) is 10.4 Å². The molecule has 3 rings (SSSR count). The molecule has 22 heavy (non-hydrogen) atoms. The highest BCUT2D eigenvalue weighted by molar-refractivity contribution is 5.44. The third kappa shape index (κ3) is 3.00. The molecule has 3 aromatic rings. The number of benzene rings is 1. The van der Waals surface area contributed by atoms with Crippen molar-refractivity contribution in [2.75, 3.05) is 0 Å². The van der Waals surface area contributed by atoms with Crippen molar-refractivity contribution in [3.8, 4) is 23.6 Å². The van der Waals surface area contributed by atoms with E-state index in [0.717, 1.165) is 5.56 Å². The highest BCUT2D eigenvalue weighted by Crippen LogP contribution is 2.13. The summed E-state index contributed by atoms with van der Waals surface area (Å²) in [5, 5.41) is 13.0. The van der Waals surface area contributed by atoms with Crippen LogP contribution in [0.25, 0.3) is 5.69 Å². The van der Waals surface area contributed by atoms with Crippen molar-refractivity contribution in [2.24, 2.45) is 0 Å². The molecule has 0 unspecified atom stereocenters. The van der Waals surface area contributed by atoms with E-state index in [4.69, 9.17) is 5.26 Å². The number of hydrogen-bond acceptors (Lipinski definition) is 3. The summed E-state index contributed by atoms with van der Waals surface area (Å²) in [4.78, 5) is 3.98. The Morgan fingerprint density at radius 1 is 1.05 bits per heavy atom. The molecule has 0 radical (unpaired) electrons.